The zero-order valence-electron chi connectivity index (χ0n) is 9.60. The minimum absolute atomic E-state index is 0.103. The topological polar surface area (TPSA) is 53.5 Å². The highest BCUT2D eigenvalue weighted by Crippen LogP contribution is 1.96. The molecule has 4 heteroatoms. The van der Waals surface area contributed by atoms with Gasteiger partial charge in [0.1, 0.15) is 0 Å². The Bertz CT molecular complexity index is 124. The molecule has 0 aliphatic rings. The molecule has 0 radical (unpaired) electrons. The number of rotatable bonds is 8. The largest absolute Gasteiger partial charge is 0.394 e. The number of hydrogen-bond donors (Lipinski definition) is 3. The van der Waals surface area contributed by atoms with Crippen molar-refractivity contribution in [1.82, 2.24) is 10.6 Å². The van der Waals surface area contributed by atoms with E-state index in [1.165, 1.54) is 0 Å². The molecule has 0 rings (SSSR count). The van der Waals surface area contributed by atoms with Crippen LogP contribution in [-0.4, -0.2) is 50.1 Å². The molecule has 0 spiro atoms. The fourth-order valence-electron chi connectivity index (χ4n) is 0.962. The lowest BCUT2D eigenvalue weighted by Gasteiger charge is -2.20. The van der Waals surface area contributed by atoms with E-state index in [0.29, 0.717) is 13.2 Å². The summed E-state index contributed by atoms with van der Waals surface area (Å²) in [4.78, 5) is 0. The van der Waals surface area contributed by atoms with Gasteiger partial charge in [0.25, 0.3) is 0 Å². The van der Waals surface area contributed by atoms with Crippen LogP contribution in [0, 0.1) is 0 Å². The number of ether oxygens (including phenoxy) is 1. The van der Waals surface area contributed by atoms with Crippen molar-refractivity contribution in [3.63, 3.8) is 0 Å². The van der Waals surface area contributed by atoms with Gasteiger partial charge in [0.05, 0.1) is 19.8 Å². The standard InChI is InChI=1S/C10H24N2O2/c1-10(2,3)12-5-4-11-6-8-14-9-7-13/h11-13H,4-9H2,1-3H3. The molecule has 4 nitrogen and oxygen atoms in total. The van der Waals surface area contributed by atoms with E-state index in [1.807, 2.05) is 0 Å². The minimum Gasteiger partial charge on any atom is -0.394 e. The van der Waals surface area contributed by atoms with Crippen molar-refractivity contribution in [3.05, 3.63) is 0 Å². The number of nitrogens with one attached hydrogen (secondary N) is 2. The van der Waals surface area contributed by atoms with Crippen LogP contribution in [0.3, 0.4) is 0 Å². The predicted molar refractivity (Wildman–Crippen MR) is 58.5 cm³/mol. The van der Waals surface area contributed by atoms with Gasteiger partial charge in [-0.25, -0.2) is 0 Å². The Labute approximate surface area is 87.0 Å². The SMILES string of the molecule is CC(C)(C)NCCNCCOCCO. The quantitative estimate of drug-likeness (QED) is 0.486. The molecule has 0 bridgehead atoms. The highest BCUT2D eigenvalue weighted by Gasteiger charge is 2.06. The van der Waals surface area contributed by atoms with Crippen molar-refractivity contribution in [3.8, 4) is 0 Å². The predicted octanol–water partition coefficient (Wildman–Crippen LogP) is -0.0270. The normalized spacial score (nSPS) is 12.0. The summed E-state index contributed by atoms with van der Waals surface area (Å²) in [7, 11) is 0. The summed E-state index contributed by atoms with van der Waals surface area (Å²) in [5, 5.41) is 15.1. The van der Waals surface area contributed by atoms with E-state index in [9.17, 15) is 0 Å². The zero-order valence-corrected chi connectivity index (χ0v) is 9.60. The highest BCUT2D eigenvalue weighted by atomic mass is 16.5. The number of hydrogen-bond acceptors (Lipinski definition) is 4. The third-order valence-electron chi connectivity index (χ3n) is 1.62. The van der Waals surface area contributed by atoms with Crippen LogP contribution in [0.1, 0.15) is 20.8 Å². The smallest absolute Gasteiger partial charge is 0.0698 e. The first kappa shape index (κ1) is 13.8. The van der Waals surface area contributed by atoms with Crippen LogP contribution < -0.4 is 10.6 Å². The molecule has 0 heterocycles. The van der Waals surface area contributed by atoms with E-state index >= 15 is 0 Å². The van der Waals surface area contributed by atoms with Crippen LogP contribution >= 0.6 is 0 Å². The van der Waals surface area contributed by atoms with Crippen molar-refractivity contribution < 1.29 is 9.84 Å². The van der Waals surface area contributed by atoms with Gasteiger partial charge in [-0.2, -0.15) is 0 Å². The molecule has 86 valence electrons. The van der Waals surface area contributed by atoms with E-state index in [1.54, 1.807) is 0 Å². The maximum atomic E-state index is 8.44. The second kappa shape index (κ2) is 8.17. The lowest BCUT2D eigenvalue weighted by atomic mass is 10.1. The van der Waals surface area contributed by atoms with Gasteiger partial charge in [-0.1, -0.05) is 0 Å². The fraction of sp³-hybridized carbons (Fsp3) is 1.00. The first-order valence-electron chi connectivity index (χ1n) is 5.20. The van der Waals surface area contributed by atoms with Gasteiger partial charge in [-0.3, -0.25) is 0 Å². The molecular weight excluding hydrogens is 180 g/mol. The van der Waals surface area contributed by atoms with Crippen LogP contribution in [-0.2, 0) is 4.74 Å². The summed E-state index contributed by atoms with van der Waals surface area (Å²) >= 11 is 0. The van der Waals surface area contributed by atoms with Gasteiger partial charge in [0.15, 0.2) is 0 Å². The molecule has 0 fully saturated rings. The van der Waals surface area contributed by atoms with Gasteiger partial charge in [0, 0.05) is 25.2 Å². The fourth-order valence-corrected chi connectivity index (χ4v) is 0.962. The van der Waals surface area contributed by atoms with Crippen LogP contribution in [0.15, 0.2) is 0 Å². The monoisotopic (exact) mass is 204 g/mol. The highest BCUT2D eigenvalue weighted by molar-refractivity contribution is 4.70. The van der Waals surface area contributed by atoms with E-state index < -0.39 is 0 Å². The van der Waals surface area contributed by atoms with Crippen LogP contribution in [0.4, 0.5) is 0 Å². The Morgan fingerprint density at radius 2 is 1.79 bits per heavy atom. The molecule has 14 heavy (non-hydrogen) atoms. The summed E-state index contributed by atoms with van der Waals surface area (Å²) in [6, 6.07) is 0. The molecule has 0 unspecified atom stereocenters. The second-order valence-corrected chi connectivity index (χ2v) is 4.26. The minimum atomic E-state index is 0.103. The van der Waals surface area contributed by atoms with Crippen molar-refractivity contribution in [1.29, 1.82) is 0 Å². The Morgan fingerprint density at radius 1 is 1.07 bits per heavy atom. The molecule has 0 atom stereocenters. The maximum absolute atomic E-state index is 8.44. The molecule has 0 saturated carbocycles. The van der Waals surface area contributed by atoms with Crippen molar-refractivity contribution >= 4 is 0 Å². The van der Waals surface area contributed by atoms with Crippen LogP contribution in [0.25, 0.3) is 0 Å². The second-order valence-electron chi connectivity index (χ2n) is 4.26. The first-order chi connectivity index (χ1) is 6.56. The third-order valence-corrected chi connectivity index (χ3v) is 1.62. The Morgan fingerprint density at radius 3 is 2.36 bits per heavy atom. The first-order valence-corrected chi connectivity index (χ1v) is 5.20. The molecule has 0 aromatic heterocycles. The summed E-state index contributed by atoms with van der Waals surface area (Å²) < 4.78 is 5.10. The molecule has 0 aromatic carbocycles. The zero-order chi connectivity index (χ0) is 10.9. The Kier molecular flexibility index (Phi) is 8.08. The molecule has 0 aliphatic heterocycles. The van der Waals surface area contributed by atoms with E-state index in [0.717, 1.165) is 19.6 Å². The van der Waals surface area contributed by atoms with Gasteiger partial charge in [-0.15, -0.1) is 0 Å². The molecule has 0 aliphatic carbocycles. The van der Waals surface area contributed by atoms with E-state index in [-0.39, 0.29) is 12.1 Å². The van der Waals surface area contributed by atoms with Crippen molar-refractivity contribution in [2.24, 2.45) is 0 Å². The van der Waals surface area contributed by atoms with Crippen molar-refractivity contribution in [2.75, 3.05) is 39.5 Å². The molecule has 3 N–H and O–H groups in total. The summed E-state index contributed by atoms with van der Waals surface area (Å²) in [6.45, 7) is 10.4. The van der Waals surface area contributed by atoms with Gasteiger partial charge in [0.2, 0.25) is 0 Å². The molecular formula is C10H24N2O2. The summed E-state index contributed by atoms with van der Waals surface area (Å²) in [6.07, 6.45) is 0. The lowest BCUT2D eigenvalue weighted by Crippen LogP contribution is -2.40. The molecule has 0 saturated heterocycles. The Balaban J connectivity index is 2.99. The average molecular weight is 204 g/mol. The maximum Gasteiger partial charge on any atom is 0.0698 e. The van der Waals surface area contributed by atoms with Gasteiger partial charge < -0.3 is 20.5 Å². The van der Waals surface area contributed by atoms with Crippen molar-refractivity contribution in [2.45, 2.75) is 26.3 Å². The summed E-state index contributed by atoms with van der Waals surface area (Å²) in [5.74, 6) is 0. The number of aliphatic hydroxyl groups is 1. The van der Waals surface area contributed by atoms with E-state index in [2.05, 4.69) is 31.4 Å². The van der Waals surface area contributed by atoms with Gasteiger partial charge in [-0.05, 0) is 20.8 Å². The lowest BCUT2D eigenvalue weighted by molar-refractivity contribution is 0.0940. The molecule has 0 amide bonds. The third kappa shape index (κ3) is 11.8. The molecule has 0 aromatic rings. The van der Waals surface area contributed by atoms with E-state index in [4.69, 9.17) is 9.84 Å². The van der Waals surface area contributed by atoms with Crippen LogP contribution in [0.5, 0.6) is 0 Å². The summed E-state index contributed by atoms with van der Waals surface area (Å²) in [5.41, 5.74) is 0.190. The van der Waals surface area contributed by atoms with Gasteiger partial charge >= 0.3 is 0 Å². The van der Waals surface area contributed by atoms with Crippen LogP contribution in [0.2, 0.25) is 0 Å². The Hall–Kier alpha value is -0.160. The average Bonchev–Trinajstić information content (AvgIpc) is 2.08. The number of aliphatic hydroxyl groups excluding tert-OH is 1.